The third-order valence-electron chi connectivity index (χ3n) is 3.57. The van der Waals surface area contributed by atoms with Gasteiger partial charge in [-0.2, -0.15) is 0 Å². The van der Waals surface area contributed by atoms with Crippen LogP contribution in [-0.4, -0.2) is 5.78 Å². The van der Waals surface area contributed by atoms with Crippen LogP contribution in [-0.2, 0) is 4.79 Å². The predicted molar refractivity (Wildman–Crippen MR) is 46.4 cm³/mol. The van der Waals surface area contributed by atoms with Crippen LogP contribution in [0.1, 0.15) is 41.0 Å². The van der Waals surface area contributed by atoms with Crippen molar-refractivity contribution in [3.8, 4) is 0 Å². The fraction of sp³-hybridized carbons (Fsp3) is 0.900. The van der Waals surface area contributed by atoms with Gasteiger partial charge in [0.25, 0.3) is 0 Å². The molecule has 1 fully saturated rings. The van der Waals surface area contributed by atoms with Gasteiger partial charge in [0.1, 0.15) is 5.78 Å². The molecule has 1 aliphatic carbocycles. The molecule has 0 aromatic rings. The third-order valence-corrected chi connectivity index (χ3v) is 3.57. The molecule has 0 bridgehead atoms. The Balaban J connectivity index is 3.02. The molecule has 0 aliphatic heterocycles. The van der Waals surface area contributed by atoms with Crippen LogP contribution in [0.5, 0.6) is 0 Å². The average Bonchev–Trinajstić information content (AvgIpc) is 1.93. The van der Waals surface area contributed by atoms with Crippen LogP contribution in [0.25, 0.3) is 0 Å². The van der Waals surface area contributed by atoms with E-state index in [-0.39, 0.29) is 16.7 Å². The van der Waals surface area contributed by atoms with E-state index in [4.69, 9.17) is 0 Å². The van der Waals surface area contributed by atoms with Gasteiger partial charge in [0.15, 0.2) is 0 Å². The summed E-state index contributed by atoms with van der Waals surface area (Å²) in [4.78, 5) is 11.6. The van der Waals surface area contributed by atoms with Crippen molar-refractivity contribution in [3.05, 3.63) is 0 Å². The molecule has 1 aliphatic rings. The van der Waals surface area contributed by atoms with Gasteiger partial charge in [0.2, 0.25) is 0 Å². The Morgan fingerprint density at radius 1 is 1.27 bits per heavy atom. The first-order chi connectivity index (χ1) is 4.79. The number of ketones is 1. The van der Waals surface area contributed by atoms with Gasteiger partial charge >= 0.3 is 0 Å². The summed E-state index contributed by atoms with van der Waals surface area (Å²) in [5, 5.41) is 0. The molecular formula is C10H18O. The topological polar surface area (TPSA) is 17.1 Å². The molecule has 64 valence electrons. The lowest BCUT2D eigenvalue weighted by Crippen LogP contribution is -2.32. The number of carbonyl (C=O) groups is 1. The van der Waals surface area contributed by atoms with Gasteiger partial charge < -0.3 is 0 Å². The highest BCUT2D eigenvalue weighted by Gasteiger charge is 2.51. The van der Waals surface area contributed by atoms with Crippen LogP contribution in [0.2, 0.25) is 0 Å². The molecule has 0 aromatic heterocycles. The van der Waals surface area contributed by atoms with E-state index in [2.05, 4.69) is 27.7 Å². The summed E-state index contributed by atoms with van der Waals surface area (Å²) >= 11 is 0. The fourth-order valence-corrected chi connectivity index (χ4v) is 2.06. The largest absolute Gasteiger partial charge is 0.299 e. The van der Waals surface area contributed by atoms with E-state index < -0.39 is 0 Å². The van der Waals surface area contributed by atoms with Gasteiger partial charge in [-0.15, -0.1) is 0 Å². The third kappa shape index (κ3) is 1.02. The molecule has 0 N–H and O–H groups in total. The number of carbonyl (C=O) groups excluding carboxylic acids is 1. The minimum atomic E-state index is -0.119. The molecule has 1 heteroatoms. The van der Waals surface area contributed by atoms with Crippen molar-refractivity contribution in [1.29, 1.82) is 0 Å². The lowest BCUT2D eigenvalue weighted by atomic mass is 9.70. The van der Waals surface area contributed by atoms with E-state index in [9.17, 15) is 4.79 Å². The Morgan fingerprint density at radius 3 is 1.82 bits per heavy atom. The molecule has 0 aromatic carbocycles. The van der Waals surface area contributed by atoms with E-state index in [0.29, 0.717) is 5.78 Å². The first-order valence-electron chi connectivity index (χ1n) is 4.33. The SMILES string of the molecule is CC1CC(C)(C)C(C)(C)C1=O. The second-order valence-electron chi connectivity index (χ2n) is 4.98. The monoisotopic (exact) mass is 154 g/mol. The van der Waals surface area contributed by atoms with E-state index in [0.717, 1.165) is 6.42 Å². The maximum absolute atomic E-state index is 11.6. The smallest absolute Gasteiger partial charge is 0.141 e. The molecule has 1 nitrogen and oxygen atoms in total. The van der Waals surface area contributed by atoms with Crippen molar-refractivity contribution in [2.75, 3.05) is 0 Å². The lowest BCUT2D eigenvalue weighted by molar-refractivity contribution is -0.129. The summed E-state index contributed by atoms with van der Waals surface area (Å²) in [6.07, 6.45) is 1.04. The van der Waals surface area contributed by atoms with Gasteiger partial charge in [0.05, 0.1) is 0 Å². The first-order valence-corrected chi connectivity index (χ1v) is 4.33. The molecular weight excluding hydrogens is 136 g/mol. The van der Waals surface area contributed by atoms with E-state index in [1.54, 1.807) is 0 Å². The Kier molecular flexibility index (Phi) is 1.66. The maximum Gasteiger partial charge on any atom is 0.141 e. The zero-order valence-electron chi connectivity index (χ0n) is 8.19. The Bertz CT molecular complexity index is 189. The molecule has 0 radical (unpaired) electrons. The minimum absolute atomic E-state index is 0.119. The van der Waals surface area contributed by atoms with Crippen molar-refractivity contribution < 1.29 is 4.79 Å². The number of hydrogen-bond donors (Lipinski definition) is 0. The second kappa shape index (κ2) is 2.09. The van der Waals surface area contributed by atoms with Gasteiger partial charge in [-0.25, -0.2) is 0 Å². The molecule has 1 saturated carbocycles. The van der Waals surface area contributed by atoms with Crippen LogP contribution >= 0.6 is 0 Å². The number of hydrogen-bond acceptors (Lipinski definition) is 1. The van der Waals surface area contributed by atoms with Gasteiger partial charge in [-0.3, -0.25) is 4.79 Å². The number of rotatable bonds is 0. The van der Waals surface area contributed by atoms with E-state index in [1.807, 2.05) is 6.92 Å². The maximum atomic E-state index is 11.6. The molecule has 1 atom stereocenters. The molecule has 0 heterocycles. The Labute approximate surface area is 69.2 Å². The summed E-state index contributed by atoms with van der Waals surface area (Å²) in [5.74, 6) is 0.697. The standard InChI is InChI=1S/C10H18O/c1-7-6-9(2,3)10(4,5)8(7)11/h7H,6H2,1-5H3. The molecule has 1 rings (SSSR count). The zero-order chi connectivity index (χ0) is 8.86. The highest BCUT2D eigenvalue weighted by molar-refractivity contribution is 5.89. The summed E-state index contributed by atoms with van der Waals surface area (Å²) < 4.78 is 0. The van der Waals surface area contributed by atoms with Gasteiger partial charge in [-0.05, 0) is 11.8 Å². The van der Waals surface area contributed by atoms with Crippen LogP contribution in [0.3, 0.4) is 0 Å². The normalized spacial score (nSPS) is 34.3. The molecule has 1 unspecified atom stereocenters. The second-order valence-corrected chi connectivity index (χ2v) is 4.98. The Morgan fingerprint density at radius 2 is 1.73 bits per heavy atom. The zero-order valence-corrected chi connectivity index (χ0v) is 8.19. The van der Waals surface area contributed by atoms with Crippen molar-refractivity contribution in [1.82, 2.24) is 0 Å². The van der Waals surface area contributed by atoms with Crippen LogP contribution in [0, 0.1) is 16.7 Å². The quantitative estimate of drug-likeness (QED) is 0.524. The van der Waals surface area contributed by atoms with Gasteiger partial charge in [0, 0.05) is 11.3 Å². The molecule has 0 spiro atoms. The average molecular weight is 154 g/mol. The summed E-state index contributed by atoms with van der Waals surface area (Å²) in [5.41, 5.74) is 0.0654. The van der Waals surface area contributed by atoms with Crippen LogP contribution in [0.15, 0.2) is 0 Å². The van der Waals surface area contributed by atoms with Gasteiger partial charge in [-0.1, -0.05) is 34.6 Å². The van der Waals surface area contributed by atoms with Crippen molar-refractivity contribution in [3.63, 3.8) is 0 Å². The summed E-state index contributed by atoms with van der Waals surface area (Å²) in [6, 6.07) is 0. The summed E-state index contributed by atoms with van der Waals surface area (Å²) in [6.45, 7) is 10.6. The van der Waals surface area contributed by atoms with Crippen molar-refractivity contribution in [2.24, 2.45) is 16.7 Å². The molecule has 0 amide bonds. The molecule has 0 saturated heterocycles. The Hall–Kier alpha value is -0.330. The molecule has 11 heavy (non-hydrogen) atoms. The highest BCUT2D eigenvalue weighted by atomic mass is 16.1. The van der Waals surface area contributed by atoms with Crippen LogP contribution < -0.4 is 0 Å². The number of Topliss-reactive ketones (excluding diaryl/α,β-unsaturated/α-hetero) is 1. The van der Waals surface area contributed by atoms with E-state index in [1.165, 1.54) is 0 Å². The van der Waals surface area contributed by atoms with E-state index >= 15 is 0 Å². The van der Waals surface area contributed by atoms with Crippen molar-refractivity contribution in [2.45, 2.75) is 41.0 Å². The van der Waals surface area contributed by atoms with Crippen LogP contribution in [0.4, 0.5) is 0 Å². The van der Waals surface area contributed by atoms with Crippen molar-refractivity contribution >= 4 is 5.78 Å². The predicted octanol–water partition coefficient (Wildman–Crippen LogP) is 2.65. The fourth-order valence-electron chi connectivity index (χ4n) is 2.06. The minimum Gasteiger partial charge on any atom is -0.299 e. The first kappa shape index (κ1) is 8.76. The summed E-state index contributed by atoms with van der Waals surface area (Å²) in [7, 11) is 0. The lowest BCUT2D eigenvalue weighted by Gasteiger charge is -2.32. The highest BCUT2D eigenvalue weighted by Crippen LogP contribution is 2.51.